The molecular formula is C12H16N2O4. The molecule has 0 aromatic heterocycles. The van der Waals surface area contributed by atoms with Gasteiger partial charge >= 0.3 is 5.97 Å². The van der Waals surface area contributed by atoms with Crippen molar-refractivity contribution in [2.75, 3.05) is 19.9 Å². The number of hydrogen-bond donors (Lipinski definition) is 2. The van der Waals surface area contributed by atoms with E-state index < -0.39 is 12.1 Å². The molecule has 1 unspecified atom stereocenters. The molecule has 98 valence electrons. The molecule has 18 heavy (non-hydrogen) atoms. The van der Waals surface area contributed by atoms with Crippen LogP contribution < -0.4 is 15.8 Å². The van der Waals surface area contributed by atoms with Gasteiger partial charge in [-0.15, -0.1) is 0 Å². The second-order valence-corrected chi connectivity index (χ2v) is 3.61. The maximum absolute atomic E-state index is 11.8. The number of methoxy groups -OCH3 is 1. The third kappa shape index (κ3) is 3.13. The number of hydrogen-bond acceptors (Lipinski definition) is 5. The number of nitrogens with two attached hydrogens (primary N) is 1. The van der Waals surface area contributed by atoms with E-state index in [-0.39, 0.29) is 17.2 Å². The molecule has 0 aliphatic rings. The molecule has 3 N–H and O–H groups in total. The number of amides is 1. The molecule has 0 fully saturated rings. The lowest BCUT2D eigenvalue weighted by Crippen LogP contribution is -2.33. The maximum atomic E-state index is 11.8. The van der Waals surface area contributed by atoms with E-state index in [2.05, 4.69) is 5.32 Å². The van der Waals surface area contributed by atoms with Gasteiger partial charge in [0.15, 0.2) is 6.10 Å². The molecule has 0 bridgehead atoms. The van der Waals surface area contributed by atoms with Crippen molar-refractivity contribution in [2.45, 2.75) is 13.0 Å². The average Bonchev–Trinajstić information content (AvgIpc) is 2.38. The third-order valence-corrected chi connectivity index (χ3v) is 2.38. The minimum Gasteiger partial charge on any atom is -0.497 e. The van der Waals surface area contributed by atoms with E-state index in [1.807, 2.05) is 0 Å². The summed E-state index contributed by atoms with van der Waals surface area (Å²) in [6.07, 6.45) is -0.881. The molecule has 0 radical (unpaired) electrons. The van der Waals surface area contributed by atoms with Crippen LogP contribution in [0, 0.1) is 0 Å². The Bertz CT molecular complexity index is 459. The van der Waals surface area contributed by atoms with E-state index in [1.165, 1.54) is 27.1 Å². The van der Waals surface area contributed by atoms with Crippen molar-refractivity contribution in [3.8, 4) is 5.75 Å². The second-order valence-electron chi connectivity index (χ2n) is 3.61. The summed E-state index contributed by atoms with van der Waals surface area (Å²) in [5.74, 6) is -0.559. The first-order valence-electron chi connectivity index (χ1n) is 5.35. The first-order valence-corrected chi connectivity index (χ1v) is 5.35. The number of nitrogens with one attached hydrogen (secondary N) is 1. The zero-order valence-corrected chi connectivity index (χ0v) is 10.5. The minimum absolute atomic E-state index is 0.171. The van der Waals surface area contributed by atoms with Crippen molar-refractivity contribution >= 4 is 17.6 Å². The van der Waals surface area contributed by atoms with Crippen LogP contribution in [0.15, 0.2) is 18.2 Å². The standard InChI is InChI=1S/C12H16N2O4/c1-7(11(15)14-2)18-12(16)9-6-8(17-3)4-5-10(9)13/h4-7H,13H2,1-3H3,(H,14,15). The van der Waals surface area contributed by atoms with Gasteiger partial charge in [-0.25, -0.2) is 4.79 Å². The fraction of sp³-hybridized carbons (Fsp3) is 0.333. The number of rotatable bonds is 4. The number of carbonyl (C=O) groups excluding carboxylic acids is 2. The first-order chi connectivity index (χ1) is 8.49. The third-order valence-electron chi connectivity index (χ3n) is 2.38. The molecule has 0 saturated carbocycles. The number of carbonyl (C=O) groups is 2. The quantitative estimate of drug-likeness (QED) is 0.604. The van der Waals surface area contributed by atoms with Crippen molar-refractivity contribution < 1.29 is 19.1 Å². The molecule has 1 aromatic rings. The summed E-state index contributed by atoms with van der Waals surface area (Å²) < 4.78 is 9.97. The van der Waals surface area contributed by atoms with Gasteiger partial charge in [0, 0.05) is 12.7 Å². The lowest BCUT2D eigenvalue weighted by molar-refractivity contribution is -0.128. The lowest BCUT2D eigenvalue weighted by atomic mass is 10.1. The van der Waals surface area contributed by atoms with Crippen LogP contribution in [0.3, 0.4) is 0 Å². The molecule has 0 heterocycles. The fourth-order valence-corrected chi connectivity index (χ4v) is 1.32. The van der Waals surface area contributed by atoms with Crippen molar-refractivity contribution in [2.24, 2.45) is 0 Å². The highest BCUT2D eigenvalue weighted by Gasteiger charge is 2.19. The van der Waals surface area contributed by atoms with Crippen LogP contribution in [-0.2, 0) is 9.53 Å². The van der Waals surface area contributed by atoms with Crippen LogP contribution in [0.25, 0.3) is 0 Å². The van der Waals surface area contributed by atoms with Gasteiger partial charge in [0.05, 0.1) is 12.7 Å². The topological polar surface area (TPSA) is 90.6 Å². The van der Waals surface area contributed by atoms with E-state index in [0.717, 1.165) is 0 Å². The monoisotopic (exact) mass is 252 g/mol. The Labute approximate surface area is 105 Å². The van der Waals surface area contributed by atoms with Crippen molar-refractivity contribution in [3.05, 3.63) is 23.8 Å². The van der Waals surface area contributed by atoms with E-state index in [1.54, 1.807) is 12.1 Å². The highest BCUT2D eigenvalue weighted by atomic mass is 16.5. The molecule has 6 nitrogen and oxygen atoms in total. The fourth-order valence-electron chi connectivity index (χ4n) is 1.32. The number of esters is 1. The van der Waals surface area contributed by atoms with Crippen LogP contribution in [-0.4, -0.2) is 32.1 Å². The average molecular weight is 252 g/mol. The smallest absolute Gasteiger partial charge is 0.341 e. The van der Waals surface area contributed by atoms with Crippen LogP contribution in [0.2, 0.25) is 0 Å². The molecule has 1 rings (SSSR count). The number of likely N-dealkylation sites (N-methyl/N-ethyl adjacent to an activating group) is 1. The van der Waals surface area contributed by atoms with Crippen LogP contribution in [0.5, 0.6) is 5.75 Å². The first kappa shape index (κ1) is 13.8. The Morgan fingerprint density at radius 2 is 2.06 bits per heavy atom. The van der Waals surface area contributed by atoms with E-state index in [9.17, 15) is 9.59 Å². The van der Waals surface area contributed by atoms with Crippen LogP contribution in [0.1, 0.15) is 17.3 Å². The summed E-state index contributed by atoms with van der Waals surface area (Å²) in [7, 11) is 2.94. The zero-order valence-electron chi connectivity index (χ0n) is 10.5. The number of anilines is 1. The molecule has 1 aromatic carbocycles. The van der Waals surface area contributed by atoms with E-state index >= 15 is 0 Å². The van der Waals surface area contributed by atoms with E-state index in [4.69, 9.17) is 15.2 Å². The van der Waals surface area contributed by atoms with Gasteiger partial charge in [0.25, 0.3) is 5.91 Å². The summed E-state index contributed by atoms with van der Waals surface area (Å²) in [6, 6.07) is 4.64. The Morgan fingerprint density at radius 3 is 2.61 bits per heavy atom. The normalized spacial score (nSPS) is 11.5. The molecule has 0 aliphatic heterocycles. The zero-order chi connectivity index (χ0) is 13.7. The predicted molar refractivity (Wildman–Crippen MR) is 66.4 cm³/mol. The van der Waals surface area contributed by atoms with Gasteiger partial charge in [0.2, 0.25) is 0 Å². The summed E-state index contributed by atoms with van der Waals surface area (Å²) >= 11 is 0. The van der Waals surface area contributed by atoms with Crippen molar-refractivity contribution in [1.82, 2.24) is 5.32 Å². The van der Waals surface area contributed by atoms with Crippen molar-refractivity contribution in [3.63, 3.8) is 0 Å². The maximum Gasteiger partial charge on any atom is 0.341 e. The largest absolute Gasteiger partial charge is 0.497 e. The van der Waals surface area contributed by atoms with E-state index in [0.29, 0.717) is 5.75 Å². The summed E-state index contributed by atoms with van der Waals surface area (Å²) in [4.78, 5) is 23.1. The Kier molecular flexibility index (Phi) is 4.53. The highest BCUT2D eigenvalue weighted by Crippen LogP contribution is 2.20. The van der Waals surface area contributed by atoms with Crippen molar-refractivity contribution in [1.29, 1.82) is 0 Å². The molecule has 6 heteroatoms. The summed E-state index contributed by atoms with van der Waals surface area (Å²) in [5, 5.41) is 2.39. The second kappa shape index (κ2) is 5.90. The molecule has 1 amide bonds. The van der Waals surface area contributed by atoms with Crippen LogP contribution in [0.4, 0.5) is 5.69 Å². The SMILES string of the molecule is CNC(=O)C(C)OC(=O)c1cc(OC)ccc1N. The van der Waals surface area contributed by atoms with Gasteiger partial charge in [-0.05, 0) is 25.1 Å². The van der Waals surface area contributed by atoms with Gasteiger partial charge in [-0.1, -0.05) is 0 Å². The Balaban J connectivity index is 2.87. The minimum atomic E-state index is -0.881. The van der Waals surface area contributed by atoms with Gasteiger partial charge in [-0.3, -0.25) is 4.79 Å². The Hall–Kier alpha value is -2.24. The molecule has 0 saturated heterocycles. The molecule has 0 aliphatic carbocycles. The highest BCUT2D eigenvalue weighted by molar-refractivity contribution is 5.97. The molecule has 1 atom stereocenters. The molecular weight excluding hydrogens is 236 g/mol. The molecule has 0 spiro atoms. The number of nitrogen functional groups attached to an aromatic ring is 1. The predicted octanol–water partition coefficient (Wildman–Crippen LogP) is 0.569. The van der Waals surface area contributed by atoms with Gasteiger partial charge < -0.3 is 20.5 Å². The number of ether oxygens (including phenoxy) is 2. The lowest BCUT2D eigenvalue weighted by Gasteiger charge is -2.13. The summed E-state index contributed by atoms with van der Waals surface area (Å²) in [6.45, 7) is 1.48. The summed E-state index contributed by atoms with van der Waals surface area (Å²) in [5.41, 5.74) is 6.11. The van der Waals surface area contributed by atoms with Gasteiger partial charge in [-0.2, -0.15) is 0 Å². The van der Waals surface area contributed by atoms with Gasteiger partial charge in [0.1, 0.15) is 5.75 Å². The van der Waals surface area contributed by atoms with Crippen LogP contribution >= 0.6 is 0 Å². The Morgan fingerprint density at radius 1 is 1.39 bits per heavy atom. The number of benzene rings is 1.